The van der Waals surface area contributed by atoms with Gasteiger partial charge in [0.05, 0.1) is 17.8 Å². The summed E-state index contributed by atoms with van der Waals surface area (Å²) in [6, 6.07) is 4.79. The zero-order valence-electron chi connectivity index (χ0n) is 11.7. The number of aromatic amines is 1. The Morgan fingerprint density at radius 2 is 2.33 bits per heavy atom. The van der Waals surface area contributed by atoms with Crippen LogP contribution in [0.4, 0.5) is 10.5 Å². The molecule has 7 nitrogen and oxygen atoms in total. The Hall–Kier alpha value is -2.28. The number of benzene rings is 1. The van der Waals surface area contributed by atoms with Gasteiger partial charge in [0.2, 0.25) is 0 Å². The molecule has 1 atom stereocenters. The third-order valence-corrected chi connectivity index (χ3v) is 3.67. The van der Waals surface area contributed by atoms with Crippen LogP contribution < -0.4 is 16.4 Å². The van der Waals surface area contributed by atoms with E-state index in [-0.39, 0.29) is 11.4 Å². The van der Waals surface area contributed by atoms with Gasteiger partial charge in [0.1, 0.15) is 0 Å². The summed E-state index contributed by atoms with van der Waals surface area (Å²) in [5.41, 5.74) is 1.32. The number of fused-ring (bicyclic) bond motifs is 1. The quantitative estimate of drug-likeness (QED) is 0.801. The molecule has 7 heteroatoms. The largest absolute Gasteiger partial charge is 0.417 e. The van der Waals surface area contributed by atoms with Gasteiger partial charge in [-0.2, -0.15) is 0 Å². The van der Waals surface area contributed by atoms with Crippen LogP contribution in [0.15, 0.2) is 27.4 Å². The average Bonchev–Trinajstić information content (AvgIpc) is 3.03. The molecule has 0 aliphatic carbocycles. The van der Waals surface area contributed by atoms with Gasteiger partial charge in [0, 0.05) is 18.6 Å². The van der Waals surface area contributed by atoms with E-state index in [0.717, 1.165) is 13.0 Å². The zero-order valence-corrected chi connectivity index (χ0v) is 11.7. The molecule has 0 unspecified atom stereocenters. The lowest BCUT2D eigenvalue weighted by Gasteiger charge is -2.21. The molecule has 1 aliphatic heterocycles. The van der Waals surface area contributed by atoms with Gasteiger partial charge in [0.25, 0.3) is 0 Å². The first-order chi connectivity index (χ1) is 10.1. The van der Waals surface area contributed by atoms with E-state index in [9.17, 15) is 9.59 Å². The molecule has 0 bridgehead atoms. The first kappa shape index (κ1) is 13.7. The molecule has 21 heavy (non-hydrogen) atoms. The van der Waals surface area contributed by atoms with Crippen LogP contribution in [0.25, 0.3) is 11.1 Å². The number of aromatic nitrogens is 1. The molecule has 2 amide bonds. The number of carbonyl (C=O) groups excluding carboxylic acids is 1. The number of hydrogen-bond acceptors (Lipinski definition) is 4. The highest BCUT2D eigenvalue weighted by Crippen LogP contribution is 2.26. The number of ether oxygens (including phenoxy) is 1. The van der Waals surface area contributed by atoms with Crippen molar-refractivity contribution >= 4 is 22.8 Å². The Bertz CT molecular complexity index is 712. The van der Waals surface area contributed by atoms with Crippen LogP contribution >= 0.6 is 0 Å². The van der Waals surface area contributed by atoms with E-state index in [0.29, 0.717) is 29.9 Å². The van der Waals surface area contributed by atoms with Gasteiger partial charge in [-0.05, 0) is 18.6 Å². The molecule has 0 saturated carbocycles. The Morgan fingerprint density at radius 1 is 1.48 bits per heavy atom. The number of hydrogen-bond donors (Lipinski definition) is 3. The van der Waals surface area contributed by atoms with Gasteiger partial charge in [-0.3, -0.25) is 4.98 Å². The van der Waals surface area contributed by atoms with E-state index >= 15 is 0 Å². The third kappa shape index (κ3) is 2.92. The van der Waals surface area contributed by atoms with Crippen LogP contribution in [0.5, 0.6) is 0 Å². The van der Waals surface area contributed by atoms with E-state index in [1.165, 1.54) is 0 Å². The number of anilines is 1. The average molecular weight is 291 g/mol. The molecular weight excluding hydrogens is 274 g/mol. The number of oxazole rings is 1. The topological polar surface area (TPSA) is 96.4 Å². The fourth-order valence-electron chi connectivity index (χ4n) is 2.38. The number of amides is 2. The molecule has 1 fully saturated rings. The maximum Gasteiger partial charge on any atom is 0.417 e. The van der Waals surface area contributed by atoms with Crippen molar-refractivity contribution < 1.29 is 13.9 Å². The Labute approximate surface area is 120 Å². The lowest BCUT2D eigenvalue weighted by Crippen LogP contribution is -2.38. The highest BCUT2D eigenvalue weighted by Gasteiger charge is 2.30. The first-order valence-corrected chi connectivity index (χ1v) is 6.80. The third-order valence-electron chi connectivity index (χ3n) is 3.67. The van der Waals surface area contributed by atoms with Crippen molar-refractivity contribution in [2.45, 2.75) is 13.3 Å². The monoisotopic (exact) mass is 291 g/mol. The molecule has 2 aromatic rings. The van der Waals surface area contributed by atoms with Crippen molar-refractivity contribution in [2.75, 3.05) is 25.1 Å². The highest BCUT2D eigenvalue weighted by atomic mass is 16.5. The number of carbonyl (C=O) groups is 1. The Morgan fingerprint density at radius 3 is 3.10 bits per heavy atom. The molecular formula is C14H17N3O4. The van der Waals surface area contributed by atoms with E-state index in [2.05, 4.69) is 22.5 Å². The van der Waals surface area contributed by atoms with Gasteiger partial charge in [-0.1, -0.05) is 13.0 Å². The molecule has 1 saturated heterocycles. The molecule has 1 aromatic carbocycles. The van der Waals surface area contributed by atoms with Crippen molar-refractivity contribution in [1.82, 2.24) is 10.3 Å². The van der Waals surface area contributed by atoms with Crippen LogP contribution in [0.2, 0.25) is 0 Å². The maximum atomic E-state index is 12.0. The van der Waals surface area contributed by atoms with E-state index in [4.69, 9.17) is 9.15 Å². The van der Waals surface area contributed by atoms with Gasteiger partial charge in [0.15, 0.2) is 5.58 Å². The van der Waals surface area contributed by atoms with Gasteiger partial charge in [-0.25, -0.2) is 9.59 Å². The maximum absolute atomic E-state index is 12.0. The fraction of sp³-hybridized carbons (Fsp3) is 0.429. The molecule has 0 spiro atoms. The summed E-state index contributed by atoms with van der Waals surface area (Å²) >= 11 is 0. The molecule has 2 heterocycles. The number of urea groups is 1. The van der Waals surface area contributed by atoms with Gasteiger partial charge < -0.3 is 19.8 Å². The van der Waals surface area contributed by atoms with Crippen molar-refractivity contribution in [3.8, 4) is 0 Å². The molecule has 0 radical (unpaired) electrons. The second kappa shape index (κ2) is 5.25. The summed E-state index contributed by atoms with van der Waals surface area (Å²) < 4.78 is 10.4. The fourth-order valence-corrected chi connectivity index (χ4v) is 2.38. The minimum absolute atomic E-state index is 0.0238. The molecule has 3 rings (SSSR count). The van der Waals surface area contributed by atoms with Crippen molar-refractivity contribution in [1.29, 1.82) is 0 Å². The normalized spacial score (nSPS) is 21.6. The standard InChI is InChI=1S/C14H17N3O4/c1-14(5-6-20-8-14)7-15-12(18)16-9-3-2-4-10-11(9)21-13(19)17-10/h2-4H,5-8H2,1H3,(H,17,19)(H2,15,16,18)/t14-/m1/s1. The van der Waals surface area contributed by atoms with Crippen LogP contribution in [-0.4, -0.2) is 30.8 Å². The number of rotatable bonds is 3. The summed E-state index contributed by atoms with van der Waals surface area (Å²) in [5, 5.41) is 5.52. The molecule has 1 aliphatic rings. The molecule has 3 N–H and O–H groups in total. The Kier molecular flexibility index (Phi) is 3.42. The van der Waals surface area contributed by atoms with Crippen molar-refractivity contribution in [3.05, 3.63) is 28.7 Å². The number of nitrogens with one attached hydrogen (secondary N) is 3. The Balaban J connectivity index is 1.67. The summed E-state index contributed by atoms with van der Waals surface area (Å²) in [7, 11) is 0. The van der Waals surface area contributed by atoms with E-state index in [1.54, 1.807) is 18.2 Å². The van der Waals surface area contributed by atoms with Gasteiger partial charge >= 0.3 is 11.8 Å². The summed E-state index contributed by atoms with van der Waals surface area (Å²) in [4.78, 5) is 25.7. The first-order valence-electron chi connectivity index (χ1n) is 6.80. The van der Waals surface area contributed by atoms with Crippen molar-refractivity contribution in [2.24, 2.45) is 5.41 Å². The minimum Gasteiger partial charge on any atom is -0.406 e. The minimum atomic E-state index is -0.546. The van der Waals surface area contributed by atoms with Crippen LogP contribution in [-0.2, 0) is 4.74 Å². The molecule has 112 valence electrons. The summed E-state index contributed by atoms with van der Waals surface area (Å²) in [6.07, 6.45) is 0.926. The van der Waals surface area contributed by atoms with E-state index in [1.807, 2.05) is 0 Å². The van der Waals surface area contributed by atoms with Crippen LogP contribution in [0.3, 0.4) is 0 Å². The van der Waals surface area contributed by atoms with Crippen LogP contribution in [0, 0.1) is 5.41 Å². The number of H-pyrrole nitrogens is 1. The second-order valence-electron chi connectivity index (χ2n) is 5.62. The molecule has 1 aromatic heterocycles. The lowest BCUT2D eigenvalue weighted by atomic mass is 9.90. The highest BCUT2D eigenvalue weighted by molar-refractivity contribution is 5.97. The summed E-state index contributed by atoms with van der Waals surface area (Å²) in [5.74, 6) is -0.546. The smallest absolute Gasteiger partial charge is 0.406 e. The van der Waals surface area contributed by atoms with Crippen LogP contribution in [0.1, 0.15) is 13.3 Å². The van der Waals surface area contributed by atoms with Crippen molar-refractivity contribution in [3.63, 3.8) is 0 Å². The van der Waals surface area contributed by atoms with E-state index < -0.39 is 5.76 Å². The predicted octanol–water partition coefficient (Wildman–Crippen LogP) is 1.67. The SMILES string of the molecule is C[C@]1(CNC(=O)Nc2cccc3[nH]c(=O)oc23)CCOC1. The zero-order chi connectivity index (χ0) is 14.9. The lowest BCUT2D eigenvalue weighted by molar-refractivity contribution is 0.159. The number of para-hydroxylation sites is 1. The second-order valence-corrected chi connectivity index (χ2v) is 5.62. The predicted molar refractivity (Wildman–Crippen MR) is 77.4 cm³/mol. The van der Waals surface area contributed by atoms with Gasteiger partial charge in [-0.15, -0.1) is 0 Å². The summed E-state index contributed by atoms with van der Waals surface area (Å²) in [6.45, 7) is 3.99.